The third-order valence-corrected chi connectivity index (χ3v) is 3.95. The zero-order chi connectivity index (χ0) is 10.7. The minimum atomic E-state index is 0.369. The van der Waals surface area contributed by atoms with Crippen LogP contribution in [0.2, 0.25) is 0 Å². The molecular formula is C12H15N3O. The molecule has 2 aromatic rings. The van der Waals surface area contributed by atoms with E-state index in [1.54, 1.807) is 6.07 Å². The summed E-state index contributed by atoms with van der Waals surface area (Å²) in [5, 5.41) is 9.82. The first-order valence-electron chi connectivity index (χ1n) is 6.04. The summed E-state index contributed by atoms with van der Waals surface area (Å²) in [4.78, 5) is 6.67. The normalized spacial score (nSPS) is 27.2. The van der Waals surface area contributed by atoms with Gasteiger partial charge in [-0.2, -0.15) is 14.4 Å². The number of hydrogen-bond acceptors (Lipinski definition) is 1. The summed E-state index contributed by atoms with van der Waals surface area (Å²) >= 11 is 0. The van der Waals surface area contributed by atoms with E-state index in [0.717, 1.165) is 5.69 Å². The van der Waals surface area contributed by atoms with Gasteiger partial charge in [0.2, 0.25) is 0 Å². The smallest absolute Gasteiger partial charge is 0.143 e. The SMILES string of the molecule is Oc1ccccc1-n1n2n1C1CCCCC12. The van der Waals surface area contributed by atoms with Gasteiger partial charge in [-0.25, -0.2) is 0 Å². The molecule has 2 unspecified atom stereocenters. The Hall–Kier alpha value is -1.58. The molecule has 1 aromatic heterocycles. The summed E-state index contributed by atoms with van der Waals surface area (Å²) in [6.07, 6.45) is 5.29. The fourth-order valence-electron chi connectivity index (χ4n) is 3.15. The molecular weight excluding hydrogens is 202 g/mol. The average Bonchev–Trinajstić information content (AvgIpc) is 2.95. The van der Waals surface area contributed by atoms with Crippen LogP contribution in [0.15, 0.2) is 24.3 Å². The van der Waals surface area contributed by atoms with Gasteiger partial charge >= 0.3 is 0 Å². The molecule has 0 spiro atoms. The van der Waals surface area contributed by atoms with Gasteiger partial charge in [-0.3, -0.25) is 0 Å². The Kier molecular flexibility index (Phi) is 1.47. The number of para-hydroxylation sites is 2. The number of fused-ring (bicyclic) bond motifs is 4. The van der Waals surface area contributed by atoms with E-state index in [1.807, 2.05) is 18.2 Å². The van der Waals surface area contributed by atoms with Crippen molar-refractivity contribution in [1.29, 1.82) is 0 Å². The Morgan fingerprint density at radius 1 is 1.00 bits per heavy atom. The number of aromatic nitrogens is 3. The van der Waals surface area contributed by atoms with Crippen molar-refractivity contribution in [2.45, 2.75) is 37.8 Å². The van der Waals surface area contributed by atoms with E-state index >= 15 is 0 Å². The Morgan fingerprint density at radius 2 is 1.62 bits per heavy atom. The highest BCUT2D eigenvalue weighted by molar-refractivity contribution is 5.45. The number of phenolic OH excluding ortho intramolecular Hbond substituents is 1. The lowest BCUT2D eigenvalue weighted by Crippen LogP contribution is -2.30. The summed E-state index contributed by atoms with van der Waals surface area (Å²) in [6.45, 7) is 0. The second kappa shape index (κ2) is 2.75. The van der Waals surface area contributed by atoms with Crippen LogP contribution in [0, 0.1) is 0 Å². The predicted octanol–water partition coefficient (Wildman–Crippen LogP) is 2.46. The molecule has 4 heteroatoms. The zero-order valence-corrected chi connectivity index (χ0v) is 9.08. The third kappa shape index (κ3) is 0.900. The molecule has 1 aliphatic carbocycles. The molecule has 16 heavy (non-hydrogen) atoms. The van der Waals surface area contributed by atoms with Crippen LogP contribution in [-0.4, -0.2) is 19.5 Å². The van der Waals surface area contributed by atoms with E-state index < -0.39 is 0 Å². The molecule has 2 atom stereocenters. The van der Waals surface area contributed by atoms with Crippen molar-refractivity contribution < 1.29 is 5.11 Å². The van der Waals surface area contributed by atoms with Crippen molar-refractivity contribution in [3.8, 4) is 11.4 Å². The number of rotatable bonds is 1. The number of benzene rings is 1. The van der Waals surface area contributed by atoms with E-state index in [9.17, 15) is 5.11 Å². The van der Waals surface area contributed by atoms with Gasteiger partial charge in [0.25, 0.3) is 0 Å². The van der Waals surface area contributed by atoms with Gasteiger partial charge in [0.05, 0.1) is 12.1 Å². The third-order valence-electron chi connectivity index (χ3n) is 3.95. The maximum Gasteiger partial charge on any atom is 0.143 e. The Morgan fingerprint density at radius 3 is 2.25 bits per heavy atom. The molecule has 4 rings (SSSR count). The predicted molar refractivity (Wildman–Crippen MR) is 60.0 cm³/mol. The van der Waals surface area contributed by atoms with Gasteiger partial charge in [-0.15, -0.1) is 0 Å². The summed E-state index contributed by atoms with van der Waals surface area (Å²) in [5.74, 6) is 0.369. The molecule has 4 nitrogen and oxygen atoms in total. The molecule has 1 fully saturated rings. The average molecular weight is 217 g/mol. The summed E-state index contributed by atoms with van der Waals surface area (Å²) in [5.41, 5.74) is 0.914. The Labute approximate surface area is 93.6 Å². The van der Waals surface area contributed by atoms with Crippen molar-refractivity contribution in [3.05, 3.63) is 24.3 Å². The first-order valence-corrected chi connectivity index (χ1v) is 6.04. The molecule has 2 aliphatic rings. The van der Waals surface area contributed by atoms with Crippen LogP contribution in [0.5, 0.6) is 5.75 Å². The molecule has 84 valence electrons. The Bertz CT molecular complexity index is 509. The Balaban J connectivity index is 1.75. The van der Waals surface area contributed by atoms with Gasteiger partial charge < -0.3 is 5.11 Å². The fraction of sp³-hybridized carbons (Fsp3) is 0.500. The topological polar surface area (TPSA) is 35.0 Å². The lowest BCUT2D eigenvalue weighted by atomic mass is 9.89. The zero-order valence-electron chi connectivity index (χ0n) is 9.08. The second-order valence-corrected chi connectivity index (χ2v) is 4.84. The van der Waals surface area contributed by atoms with Gasteiger partial charge in [0.1, 0.15) is 11.4 Å². The van der Waals surface area contributed by atoms with Crippen molar-refractivity contribution in [1.82, 2.24) is 14.4 Å². The van der Waals surface area contributed by atoms with E-state index in [0.29, 0.717) is 17.8 Å². The van der Waals surface area contributed by atoms with Gasteiger partial charge in [-0.1, -0.05) is 25.0 Å². The lowest BCUT2D eigenvalue weighted by Gasteiger charge is -2.32. The molecule has 0 bridgehead atoms. The van der Waals surface area contributed by atoms with Gasteiger partial charge in [0, 0.05) is 0 Å². The van der Waals surface area contributed by atoms with Crippen molar-refractivity contribution in [3.63, 3.8) is 0 Å². The summed E-state index contributed by atoms with van der Waals surface area (Å²) < 4.78 is 0. The molecule has 1 aromatic carbocycles. The molecule has 1 N–H and O–H groups in total. The quantitative estimate of drug-likeness (QED) is 0.782. The van der Waals surface area contributed by atoms with Crippen LogP contribution in [0.1, 0.15) is 37.8 Å². The first-order chi connectivity index (χ1) is 7.88. The minimum absolute atomic E-state index is 0.369. The molecule has 0 saturated heterocycles. The summed E-state index contributed by atoms with van der Waals surface area (Å²) in [7, 11) is 0. The maximum absolute atomic E-state index is 9.82. The number of hydrogen-bond donors (Lipinski definition) is 1. The van der Waals surface area contributed by atoms with Crippen molar-refractivity contribution in [2.24, 2.45) is 0 Å². The number of nitrogens with zero attached hydrogens (tertiary/aromatic N) is 3. The monoisotopic (exact) mass is 217 g/mol. The van der Waals surface area contributed by atoms with Crippen LogP contribution in [0.3, 0.4) is 0 Å². The highest BCUT2D eigenvalue weighted by Gasteiger charge is 2.48. The van der Waals surface area contributed by atoms with Gasteiger partial charge in [0.15, 0.2) is 0 Å². The van der Waals surface area contributed by atoms with E-state index in [1.165, 1.54) is 25.7 Å². The van der Waals surface area contributed by atoms with E-state index in [-0.39, 0.29) is 0 Å². The van der Waals surface area contributed by atoms with E-state index in [2.05, 4.69) is 14.4 Å². The minimum Gasteiger partial charge on any atom is -0.506 e. The van der Waals surface area contributed by atoms with Crippen molar-refractivity contribution >= 4 is 0 Å². The van der Waals surface area contributed by atoms with Crippen molar-refractivity contribution in [2.75, 3.05) is 0 Å². The first kappa shape index (κ1) is 8.56. The van der Waals surface area contributed by atoms with Crippen LogP contribution < -0.4 is 0 Å². The van der Waals surface area contributed by atoms with Crippen LogP contribution in [0.25, 0.3) is 5.69 Å². The van der Waals surface area contributed by atoms with Gasteiger partial charge in [-0.05, 0) is 25.0 Å². The molecule has 0 radical (unpaired) electrons. The molecule has 0 amide bonds. The maximum atomic E-state index is 9.82. The molecule has 2 heterocycles. The number of aromatic hydroxyl groups is 1. The van der Waals surface area contributed by atoms with Crippen LogP contribution in [0.4, 0.5) is 0 Å². The standard InChI is InChI=1S/C12H15N3O/c16-12-8-4-3-7-11(12)15-13-9-5-1-2-6-10(9)14(13)15/h3-4,7-10,16H,1-2,5-6H2. The largest absolute Gasteiger partial charge is 0.506 e. The highest BCUT2D eigenvalue weighted by Crippen LogP contribution is 2.50. The number of phenols is 1. The molecule has 1 aliphatic heterocycles. The fourth-order valence-corrected chi connectivity index (χ4v) is 3.15. The van der Waals surface area contributed by atoms with Crippen LogP contribution >= 0.6 is 0 Å². The second-order valence-electron chi connectivity index (χ2n) is 4.84. The summed E-state index contributed by atoms with van der Waals surface area (Å²) in [6, 6.07) is 8.93. The van der Waals surface area contributed by atoms with Crippen LogP contribution in [-0.2, 0) is 0 Å². The van der Waals surface area contributed by atoms with E-state index in [4.69, 9.17) is 0 Å². The lowest BCUT2D eigenvalue weighted by molar-refractivity contribution is 0.153. The highest BCUT2D eigenvalue weighted by atomic mass is 16.3. The molecule has 1 saturated carbocycles.